The maximum atomic E-state index is 13.1. The van der Waals surface area contributed by atoms with Crippen LogP contribution < -0.4 is 5.32 Å². The Bertz CT molecular complexity index is 706. The molecule has 0 heterocycles. The van der Waals surface area contributed by atoms with Gasteiger partial charge in [0.15, 0.2) is 6.61 Å². The van der Waals surface area contributed by atoms with Crippen LogP contribution in [0.2, 0.25) is 5.02 Å². The molecule has 2 aromatic carbocycles. The summed E-state index contributed by atoms with van der Waals surface area (Å²) in [6.07, 6.45) is 0. The Morgan fingerprint density at radius 3 is 2.55 bits per heavy atom. The molecule has 4 nitrogen and oxygen atoms in total. The molecule has 0 radical (unpaired) electrons. The van der Waals surface area contributed by atoms with E-state index in [0.29, 0.717) is 15.2 Å². The largest absolute Gasteiger partial charge is 0.452 e. The van der Waals surface area contributed by atoms with Crippen LogP contribution >= 0.6 is 27.5 Å². The van der Waals surface area contributed by atoms with Gasteiger partial charge in [0.1, 0.15) is 5.82 Å². The topological polar surface area (TPSA) is 55.4 Å². The van der Waals surface area contributed by atoms with E-state index in [-0.39, 0.29) is 5.56 Å². The highest BCUT2D eigenvalue weighted by Crippen LogP contribution is 2.19. The van der Waals surface area contributed by atoms with E-state index < -0.39 is 24.3 Å². The molecule has 0 spiro atoms. The summed E-state index contributed by atoms with van der Waals surface area (Å²) in [5.41, 5.74) is 0.539. The predicted molar refractivity (Wildman–Crippen MR) is 84.5 cm³/mol. The Morgan fingerprint density at radius 1 is 1.18 bits per heavy atom. The fourth-order valence-electron chi connectivity index (χ4n) is 1.59. The lowest BCUT2D eigenvalue weighted by atomic mass is 10.2. The van der Waals surface area contributed by atoms with Gasteiger partial charge in [0.05, 0.1) is 5.56 Å². The molecular formula is C15H10BrClFNO3. The van der Waals surface area contributed by atoms with Gasteiger partial charge in [-0.25, -0.2) is 9.18 Å². The van der Waals surface area contributed by atoms with Crippen LogP contribution in [0.1, 0.15) is 10.4 Å². The van der Waals surface area contributed by atoms with Gasteiger partial charge in [-0.3, -0.25) is 4.79 Å². The second-order valence-corrected chi connectivity index (χ2v) is 5.55. The van der Waals surface area contributed by atoms with Gasteiger partial charge in [0.25, 0.3) is 5.91 Å². The van der Waals surface area contributed by atoms with Crippen LogP contribution in [0.4, 0.5) is 10.1 Å². The Balaban J connectivity index is 1.91. The summed E-state index contributed by atoms with van der Waals surface area (Å²) in [6, 6.07) is 10.1. The summed E-state index contributed by atoms with van der Waals surface area (Å²) >= 11 is 8.85. The summed E-state index contributed by atoms with van der Waals surface area (Å²) in [6.45, 7) is -0.482. The summed E-state index contributed by atoms with van der Waals surface area (Å²) in [4.78, 5) is 23.5. The molecule has 0 aromatic heterocycles. The van der Waals surface area contributed by atoms with Crippen molar-refractivity contribution in [1.29, 1.82) is 0 Å². The van der Waals surface area contributed by atoms with Crippen molar-refractivity contribution in [3.8, 4) is 0 Å². The van der Waals surface area contributed by atoms with Crippen molar-refractivity contribution in [2.24, 2.45) is 0 Å². The van der Waals surface area contributed by atoms with Crippen LogP contribution in [-0.4, -0.2) is 18.5 Å². The third-order valence-electron chi connectivity index (χ3n) is 2.61. The van der Waals surface area contributed by atoms with Gasteiger partial charge in [-0.05, 0) is 58.4 Å². The molecule has 0 saturated carbocycles. The van der Waals surface area contributed by atoms with Gasteiger partial charge in [0, 0.05) is 15.2 Å². The van der Waals surface area contributed by atoms with Crippen molar-refractivity contribution < 1.29 is 18.7 Å². The van der Waals surface area contributed by atoms with Crippen LogP contribution in [0.15, 0.2) is 46.9 Å². The minimum Gasteiger partial charge on any atom is -0.452 e. The second-order valence-electron chi connectivity index (χ2n) is 4.26. The van der Waals surface area contributed by atoms with E-state index in [9.17, 15) is 14.0 Å². The third kappa shape index (κ3) is 4.54. The standard InChI is InChI=1S/C15H10BrClFNO3/c16-13-6-3-10(18)7-12(13)15(21)22-8-14(20)19-11-4-1-9(17)2-5-11/h1-7H,8H2,(H,19,20). The number of amides is 1. The number of hydrogen-bond acceptors (Lipinski definition) is 3. The van der Waals surface area contributed by atoms with Gasteiger partial charge in [-0.2, -0.15) is 0 Å². The highest BCUT2D eigenvalue weighted by Gasteiger charge is 2.14. The highest BCUT2D eigenvalue weighted by molar-refractivity contribution is 9.10. The summed E-state index contributed by atoms with van der Waals surface area (Å²) in [5.74, 6) is -1.87. The SMILES string of the molecule is O=C(COC(=O)c1cc(F)ccc1Br)Nc1ccc(Cl)cc1. The van der Waals surface area contributed by atoms with E-state index in [4.69, 9.17) is 16.3 Å². The molecule has 0 saturated heterocycles. The first kappa shape index (κ1) is 16.5. The minimum absolute atomic E-state index is 0.0132. The Kier molecular flexibility index (Phi) is 5.51. The molecule has 0 atom stereocenters. The first-order chi connectivity index (χ1) is 10.5. The normalized spacial score (nSPS) is 10.1. The number of anilines is 1. The highest BCUT2D eigenvalue weighted by atomic mass is 79.9. The zero-order chi connectivity index (χ0) is 16.1. The Labute approximate surface area is 139 Å². The average Bonchev–Trinajstić information content (AvgIpc) is 2.49. The first-order valence-electron chi connectivity index (χ1n) is 6.13. The van der Waals surface area contributed by atoms with Gasteiger partial charge in [-0.15, -0.1) is 0 Å². The number of benzene rings is 2. The molecule has 0 aliphatic rings. The van der Waals surface area contributed by atoms with Crippen LogP contribution in [0, 0.1) is 5.82 Å². The fourth-order valence-corrected chi connectivity index (χ4v) is 2.13. The quantitative estimate of drug-likeness (QED) is 0.807. The number of hydrogen-bond donors (Lipinski definition) is 1. The molecule has 1 N–H and O–H groups in total. The van der Waals surface area contributed by atoms with E-state index in [1.54, 1.807) is 24.3 Å². The average molecular weight is 387 g/mol. The van der Waals surface area contributed by atoms with E-state index in [2.05, 4.69) is 21.2 Å². The van der Waals surface area contributed by atoms with E-state index in [1.807, 2.05) is 0 Å². The maximum absolute atomic E-state index is 13.1. The zero-order valence-electron chi connectivity index (χ0n) is 11.1. The Hall–Kier alpha value is -1.92. The number of rotatable bonds is 4. The predicted octanol–water partition coefficient (Wildman–Crippen LogP) is 4.04. The van der Waals surface area contributed by atoms with E-state index in [1.165, 1.54) is 12.1 Å². The molecule has 0 unspecified atom stereocenters. The number of esters is 1. The van der Waals surface area contributed by atoms with Crippen LogP contribution in [0.25, 0.3) is 0 Å². The molecular weight excluding hydrogens is 377 g/mol. The second kappa shape index (κ2) is 7.38. The van der Waals surface area contributed by atoms with Crippen molar-refractivity contribution in [1.82, 2.24) is 0 Å². The molecule has 114 valence electrons. The van der Waals surface area contributed by atoms with Crippen molar-refractivity contribution in [2.75, 3.05) is 11.9 Å². The summed E-state index contributed by atoms with van der Waals surface area (Å²) < 4.78 is 18.3. The van der Waals surface area contributed by atoms with Gasteiger partial charge in [0.2, 0.25) is 0 Å². The lowest BCUT2D eigenvalue weighted by Gasteiger charge is -2.07. The lowest BCUT2D eigenvalue weighted by Crippen LogP contribution is -2.21. The molecule has 0 aliphatic carbocycles. The van der Waals surface area contributed by atoms with Gasteiger partial charge in [-0.1, -0.05) is 11.6 Å². The first-order valence-corrected chi connectivity index (χ1v) is 7.30. The monoisotopic (exact) mass is 385 g/mol. The molecule has 2 rings (SSSR count). The van der Waals surface area contributed by atoms with Crippen molar-refractivity contribution in [3.05, 3.63) is 63.3 Å². The van der Waals surface area contributed by atoms with E-state index in [0.717, 1.165) is 6.07 Å². The fraction of sp³-hybridized carbons (Fsp3) is 0.0667. The zero-order valence-corrected chi connectivity index (χ0v) is 13.4. The number of carbonyl (C=O) groups excluding carboxylic acids is 2. The Morgan fingerprint density at radius 2 is 1.86 bits per heavy atom. The number of halogens is 3. The van der Waals surface area contributed by atoms with Crippen LogP contribution in [0.3, 0.4) is 0 Å². The van der Waals surface area contributed by atoms with Crippen molar-refractivity contribution in [3.63, 3.8) is 0 Å². The molecule has 0 aliphatic heterocycles. The smallest absolute Gasteiger partial charge is 0.339 e. The van der Waals surface area contributed by atoms with Crippen molar-refractivity contribution in [2.45, 2.75) is 0 Å². The number of carbonyl (C=O) groups is 2. The molecule has 0 fully saturated rings. The van der Waals surface area contributed by atoms with Crippen LogP contribution in [0.5, 0.6) is 0 Å². The lowest BCUT2D eigenvalue weighted by molar-refractivity contribution is -0.119. The molecule has 22 heavy (non-hydrogen) atoms. The molecule has 1 amide bonds. The third-order valence-corrected chi connectivity index (χ3v) is 3.55. The number of ether oxygens (including phenoxy) is 1. The summed E-state index contributed by atoms with van der Waals surface area (Å²) in [5, 5.41) is 3.08. The molecule has 2 aromatic rings. The maximum Gasteiger partial charge on any atom is 0.339 e. The minimum atomic E-state index is -0.794. The molecule has 0 bridgehead atoms. The van der Waals surface area contributed by atoms with Gasteiger partial charge < -0.3 is 10.1 Å². The van der Waals surface area contributed by atoms with Crippen LogP contribution in [-0.2, 0) is 9.53 Å². The van der Waals surface area contributed by atoms with E-state index >= 15 is 0 Å². The van der Waals surface area contributed by atoms with Gasteiger partial charge >= 0.3 is 5.97 Å². The van der Waals surface area contributed by atoms with Crippen molar-refractivity contribution >= 4 is 45.1 Å². The number of nitrogens with one attached hydrogen (secondary N) is 1. The molecule has 7 heteroatoms. The summed E-state index contributed by atoms with van der Waals surface area (Å²) in [7, 11) is 0.